The summed E-state index contributed by atoms with van der Waals surface area (Å²) in [5.41, 5.74) is 0.542. The van der Waals surface area contributed by atoms with E-state index < -0.39 is 0 Å². The first-order valence-corrected chi connectivity index (χ1v) is 5.93. The van der Waals surface area contributed by atoms with Crippen molar-refractivity contribution in [3.8, 4) is 0 Å². The average molecular weight is 238 g/mol. The fraction of sp³-hybridized carbons (Fsp3) is 0.667. The van der Waals surface area contributed by atoms with E-state index >= 15 is 0 Å². The highest BCUT2D eigenvalue weighted by molar-refractivity contribution is 5.37. The summed E-state index contributed by atoms with van der Waals surface area (Å²) in [5.74, 6) is -0.0358. The summed E-state index contributed by atoms with van der Waals surface area (Å²) in [6, 6.07) is 0. The molecule has 0 bridgehead atoms. The molecule has 0 aromatic carbocycles. The van der Waals surface area contributed by atoms with Crippen LogP contribution in [0.25, 0.3) is 0 Å². The minimum Gasteiger partial charge on any atom is -0.366 e. The van der Waals surface area contributed by atoms with Crippen LogP contribution >= 0.6 is 0 Å². The summed E-state index contributed by atoms with van der Waals surface area (Å²) < 4.78 is 13.7. The van der Waals surface area contributed by atoms with Gasteiger partial charge in [0.05, 0.1) is 5.69 Å². The maximum Gasteiger partial charge on any atom is 0.186 e. The fourth-order valence-corrected chi connectivity index (χ4v) is 2.20. The Hall–Kier alpha value is -1.23. The number of halogens is 1. The van der Waals surface area contributed by atoms with Crippen LogP contribution in [0, 0.1) is 12.7 Å². The molecule has 1 N–H and O–H groups in total. The van der Waals surface area contributed by atoms with Gasteiger partial charge < -0.3 is 10.2 Å². The first-order chi connectivity index (χ1) is 8.05. The molecule has 5 heteroatoms. The summed E-state index contributed by atoms with van der Waals surface area (Å²) >= 11 is 0. The van der Waals surface area contributed by atoms with Gasteiger partial charge in [0.25, 0.3) is 0 Å². The highest BCUT2D eigenvalue weighted by Gasteiger charge is 2.38. The molecule has 2 rings (SSSR count). The molecule has 0 spiro atoms. The molecule has 1 heterocycles. The quantitative estimate of drug-likeness (QED) is 0.868. The number of likely N-dealkylation sites (N-methyl/N-ethyl adjacent to an activating group) is 1. The zero-order valence-electron chi connectivity index (χ0n) is 10.6. The first-order valence-electron chi connectivity index (χ1n) is 5.93. The second-order valence-electron chi connectivity index (χ2n) is 4.95. The molecule has 1 aliphatic rings. The highest BCUT2D eigenvalue weighted by Crippen LogP contribution is 2.36. The summed E-state index contributed by atoms with van der Waals surface area (Å²) in [6.45, 7) is 2.38. The summed E-state index contributed by atoms with van der Waals surface area (Å²) in [7, 11) is 4.14. The van der Waals surface area contributed by atoms with Gasteiger partial charge in [-0.2, -0.15) is 0 Å². The monoisotopic (exact) mass is 238 g/mol. The second-order valence-corrected chi connectivity index (χ2v) is 4.95. The molecule has 1 saturated carbocycles. The van der Waals surface area contributed by atoms with E-state index in [0.29, 0.717) is 11.5 Å². The van der Waals surface area contributed by atoms with Crippen molar-refractivity contribution in [3.63, 3.8) is 0 Å². The number of aromatic nitrogens is 2. The molecule has 0 radical (unpaired) electrons. The van der Waals surface area contributed by atoms with Crippen LogP contribution in [-0.4, -0.2) is 41.0 Å². The van der Waals surface area contributed by atoms with Gasteiger partial charge in [0.1, 0.15) is 6.33 Å². The minimum atomic E-state index is -0.347. The van der Waals surface area contributed by atoms with E-state index in [0.717, 1.165) is 19.4 Å². The van der Waals surface area contributed by atoms with E-state index in [-0.39, 0.29) is 11.4 Å². The van der Waals surface area contributed by atoms with Crippen molar-refractivity contribution in [2.45, 2.75) is 31.7 Å². The predicted molar refractivity (Wildman–Crippen MR) is 65.5 cm³/mol. The van der Waals surface area contributed by atoms with Crippen molar-refractivity contribution in [3.05, 3.63) is 17.8 Å². The third kappa shape index (κ3) is 2.24. The molecular formula is C12H19FN4. The Balaban J connectivity index is 2.04. The molecule has 4 nitrogen and oxygen atoms in total. The molecule has 17 heavy (non-hydrogen) atoms. The number of hydrogen-bond acceptors (Lipinski definition) is 4. The molecule has 1 aromatic heterocycles. The highest BCUT2D eigenvalue weighted by atomic mass is 19.1. The van der Waals surface area contributed by atoms with Crippen molar-refractivity contribution in [2.75, 3.05) is 26.0 Å². The van der Waals surface area contributed by atoms with Crippen molar-refractivity contribution < 1.29 is 4.39 Å². The van der Waals surface area contributed by atoms with Gasteiger partial charge in [-0.1, -0.05) is 0 Å². The Labute approximate surface area is 101 Å². The van der Waals surface area contributed by atoms with Crippen LogP contribution in [0.5, 0.6) is 0 Å². The molecule has 0 unspecified atom stereocenters. The van der Waals surface area contributed by atoms with Gasteiger partial charge in [0, 0.05) is 12.1 Å². The number of hydrogen-bond donors (Lipinski definition) is 1. The van der Waals surface area contributed by atoms with Gasteiger partial charge in [-0.25, -0.2) is 14.4 Å². The third-order valence-electron chi connectivity index (χ3n) is 3.78. The largest absolute Gasteiger partial charge is 0.366 e. The van der Waals surface area contributed by atoms with Crippen LogP contribution in [-0.2, 0) is 0 Å². The average Bonchev–Trinajstić information content (AvgIpc) is 2.22. The smallest absolute Gasteiger partial charge is 0.186 e. The molecule has 0 amide bonds. The van der Waals surface area contributed by atoms with E-state index in [2.05, 4.69) is 34.3 Å². The standard InChI is InChI=1S/C12H19FN4/c1-9-10(13)11(16-8-15-9)14-7-12(17(2)3)5-4-6-12/h8H,4-7H2,1-3H3,(H,14,15,16). The zero-order chi connectivity index (χ0) is 12.5. The predicted octanol–water partition coefficient (Wildman–Crippen LogP) is 1.82. The maximum absolute atomic E-state index is 13.7. The number of aryl methyl sites for hydroxylation is 1. The lowest BCUT2D eigenvalue weighted by atomic mass is 9.75. The number of rotatable bonds is 4. The molecule has 0 aliphatic heterocycles. The topological polar surface area (TPSA) is 41.1 Å². The summed E-state index contributed by atoms with van der Waals surface area (Å²) in [4.78, 5) is 9.98. The van der Waals surface area contributed by atoms with Crippen LogP contribution in [0.1, 0.15) is 25.0 Å². The van der Waals surface area contributed by atoms with Crippen LogP contribution in [0.4, 0.5) is 10.2 Å². The molecule has 1 fully saturated rings. The first kappa shape index (κ1) is 12.2. The van der Waals surface area contributed by atoms with E-state index in [1.165, 1.54) is 12.7 Å². The molecule has 0 saturated heterocycles. The lowest BCUT2D eigenvalue weighted by Crippen LogP contribution is -2.54. The Morgan fingerprint density at radius 1 is 1.41 bits per heavy atom. The van der Waals surface area contributed by atoms with Gasteiger partial charge in [0.2, 0.25) is 0 Å². The lowest BCUT2D eigenvalue weighted by Gasteiger charge is -2.47. The van der Waals surface area contributed by atoms with E-state index in [4.69, 9.17) is 0 Å². The second kappa shape index (κ2) is 4.56. The van der Waals surface area contributed by atoms with Crippen LogP contribution < -0.4 is 5.32 Å². The Kier molecular flexibility index (Phi) is 3.28. The van der Waals surface area contributed by atoms with Crippen LogP contribution in [0.15, 0.2) is 6.33 Å². The number of nitrogens with one attached hydrogen (secondary N) is 1. The lowest BCUT2D eigenvalue weighted by molar-refractivity contribution is 0.0737. The van der Waals surface area contributed by atoms with E-state index in [1.54, 1.807) is 6.92 Å². The van der Waals surface area contributed by atoms with Crippen molar-refractivity contribution >= 4 is 5.82 Å². The molecule has 0 atom stereocenters. The molecular weight excluding hydrogens is 219 g/mol. The van der Waals surface area contributed by atoms with Gasteiger partial charge in [-0.3, -0.25) is 0 Å². The van der Waals surface area contributed by atoms with Gasteiger partial charge in [-0.15, -0.1) is 0 Å². The molecule has 1 aliphatic carbocycles. The van der Waals surface area contributed by atoms with Gasteiger partial charge >= 0.3 is 0 Å². The fourth-order valence-electron chi connectivity index (χ4n) is 2.20. The Bertz CT molecular complexity index is 401. The number of anilines is 1. The molecule has 94 valence electrons. The van der Waals surface area contributed by atoms with E-state index in [9.17, 15) is 4.39 Å². The van der Waals surface area contributed by atoms with Gasteiger partial charge in [-0.05, 0) is 40.3 Å². The van der Waals surface area contributed by atoms with E-state index in [1.807, 2.05) is 0 Å². The summed E-state index contributed by atoms with van der Waals surface area (Å²) in [6.07, 6.45) is 4.94. The maximum atomic E-state index is 13.7. The van der Waals surface area contributed by atoms with Gasteiger partial charge in [0.15, 0.2) is 11.6 Å². The summed E-state index contributed by atoms with van der Waals surface area (Å²) in [5, 5.41) is 3.11. The Morgan fingerprint density at radius 3 is 2.65 bits per heavy atom. The Morgan fingerprint density at radius 2 is 2.12 bits per heavy atom. The molecule has 1 aromatic rings. The zero-order valence-corrected chi connectivity index (χ0v) is 10.6. The van der Waals surface area contributed by atoms with Crippen LogP contribution in [0.2, 0.25) is 0 Å². The van der Waals surface area contributed by atoms with Crippen molar-refractivity contribution in [2.24, 2.45) is 0 Å². The SMILES string of the molecule is Cc1ncnc(NCC2(N(C)C)CCC2)c1F. The number of nitrogens with zero attached hydrogens (tertiary/aromatic N) is 3. The van der Waals surface area contributed by atoms with Crippen LogP contribution in [0.3, 0.4) is 0 Å². The van der Waals surface area contributed by atoms with Crippen molar-refractivity contribution in [1.29, 1.82) is 0 Å². The minimum absolute atomic E-state index is 0.158. The normalized spacial score (nSPS) is 17.9. The third-order valence-corrected chi connectivity index (χ3v) is 3.78. The van der Waals surface area contributed by atoms with Crippen molar-refractivity contribution in [1.82, 2.24) is 14.9 Å².